The Morgan fingerprint density at radius 1 is 1.26 bits per heavy atom. The summed E-state index contributed by atoms with van der Waals surface area (Å²) in [5.74, 6) is 0. The van der Waals surface area contributed by atoms with Gasteiger partial charge in [0.05, 0.1) is 25.9 Å². The van der Waals surface area contributed by atoms with E-state index in [4.69, 9.17) is 28.5 Å². The third-order valence-electron chi connectivity index (χ3n) is 3.22. The summed E-state index contributed by atoms with van der Waals surface area (Å²) >= 11 is 13.3. The zero-order chi connectivity index (χ0) is 16.9. The zero-order valence-corrected chi connectivity index (χ0v) is 13.7. The number of hydrogen-bond acceptors (Lipinski definition) is 3. The van der Waals surface area contributed by atoms with E-state index in [0.717, 1.165) is 21.7 Å². The van der Waals surface area contributed by atoms with E-state index >= 15 is 0 Å². The van der Waals surface area contributed by atoms with Gasteiger partial charge < -0.3 is 0 Å². The summed E-state index contributed by atoms with van der Waals surface area (Å²) in [4.78, 5) is 0.821. The van der Waals surface area contributed by atoms with Crippen molar-refractivity contribution in [3.63, 3.8) is 0 Å². The number of hydrogen-bond donors (Lipinski definition) is 0. The van der Waals surface area contributed by atoms with E-state index in [1.807, 2.05) is 0 Å². The standard InChI is InChI=1S/C14H6Cl2F3N3S/c1-6-8(4-20)12-11(23-6)5-22(21-12)13-9(15)2-7(3-10(13)16)14(17,18)19/h2-3,5H,1H3. The summed E-state index contributed by atoms with van der Waals surface area (Å²) in [5, 5.41) is 13.1. The van der Waals surface area contributed by atoms with Gasteiger partial charge in [0.2, 0.25) is 0 Å². The molecule has 23 heavy (non-hydrogen) atoms. The second-order valence-electron chi connectivity index (χ2n) is 4.72. The monoisotopic (exact) mass is 375 g/mol. The molecular formula is C14H6Cl2F3N3S. The molecular weight excluding hydrogens is 370 g/mol. The van der Waals surface area contributed by atoms with Crippen molar-refractivity contribution in [1.82, 2.24) is 9.78 Å². The minimum absolute atomic E-state index is 0.145. The summed E-state index contributed by atoms with van der Waals surface area (Å²) in [6.45, 7) is 1.80. The fourth-order valence-corrected chi connectivity index (χ4v) is 3.81. The molecule has 0 aliphatic heterocycles. The van der Waals surface area contributed by atoms with Crippen molar-refractivity contribution in [2.75, 3.05) is 0 Å². The lowest BCUT2D eigenvalue weighted by atomic mass is 10.2. The molecule has 3 nitrogen and oxygen atoms in total. The normalized spacial score (nSPS) is 11.9. The minimum Gasteiger partial charge on any atom is -0.236 e. The first kappa shape index (κ1) is 16.1. The molecule has 0 bridgehead atoms. The van der Waals surface area contributed by atoms with E-state index in [1.54, 1.807) is 13.1 Å². The Balaban J connectivity index is 2.20. The van der Waals surface area contributed by atoms with Gasteiger partial charge in [-0.05, 0) is 19.1 Å². The molecule has 0 radical (unpaired) electrons. The number of aromatic nitrogens is 2. The predicted octanol–water partition coefficient (Wildman–Crippen LogP) is 5.59. The number of nitrogens with zero attached hydrogens (tertiary/aromatic N) is 3. The second-order valence-corrected chi connectivity index (χ2v) is 6.79. The Morgan fingerprint density at radius 2 is 1.87 bits per heavy atom. The van der Waals surface area contributed by atoms with Crippen LogP contribution in [-0.2, 0) is 6.18 Å². The molecule has 3 rings (SSSR count). The molecule has 0 aliphatic carbocycles. The van der Waals surface area contributed by atoms with Gasteiger partial charge in [-0.25, -0.2) is 4.68 Å². The third kappa shape index (κ3) is 2.67. The Labute approximate surface area is 142 Å². The van der Waals surface area contributed by atoms with Crippen LogP contribution in [-0.4, -0.2) is 9.78 Å². The molecule has 0 unspecified atom stereocenters. The van der Waals surface area contributed by atoms with Gasteiger partial charge in [0.15, 0.2) is 0 Å². The molecule has 0 amide bonds. The molecule has 1 aromatic carbocycles. The van der Waals surface area contributed by atoms with Gasteiger partial charge in [-0.15, -0.1) is 11.3 Å². The number of benzene rings is 1. The second kappa shape index (κ2) is 5.41. The van der Waals surface area contributed by atoms with Gasteiger partial charge in [-0.3, -0.25) is 0 Å². The molecule has 118 valence electrons. The maximum atomic E-state index is 12.8. The van der Waals surface area contributed by atoms with E-state index in [1.165, 1.54) is 16.0 Å². The van der Waals surface area contributed by atoms with Crippen LogP contribution in [0.25, 0.3) is 15.9 Å². The van der Waals surface area contributed by atoms with Crippen molar-refractivity contribution >= 4 is 44.8 Å². The Morgan fingerprint density at radius 3 is 2.39 bits per heavy atom. The number of nitriles is 1. The molecule has 2 heterocycles. The van der Waals surface area contributed by atoms with Crippen molar-refractivity contribution in [1.29, 1.82) is 5.26 Å². The molecule has 0 atom stereocenters. The lowest BCUT2D eigenvalue weighted by Crippen LogP contribution is -2.07. The van der Waals surface area contributed by atoms with E-state index in [9.17, 15) is 13.2 Å². The first-order valence-corrected chi connectivity index (χ1v) is 7.75. The molecule has 0 spiro atoms. The summed E-state index contributed by atoms with van der Waals surface area (Å²) in [6, 6.07) is 3.66. The smallest absolute Gasteiger partial charge is 0.236 e. The first-order chi connectivity index (χ1) is 10.7. The van der Waals surface area contributed by atoms with Crippen molar-refractivity contribution in [3.8, 4) is 11.8 Å². The third-order valence-corrected chi connectivity index (χ3v) is 4.82. The molecule has 0 saturated carbocycles. The Bertz CT molecular complexity index is 943. The Hall–Kier alpha value is -1.75. The molecule has 0 saturated heterocycles. The van der Waals surface area contributed by atoms with Crippen LogP contribution in [0.15, 0.2) is 18.3 Å². The fraction of sp³-hybridized carbons (Fsp3) is 0.143. The van der Waals surface area contributed by atoms with E-state index in [0.29, 0.717) is 11.1 Å². The van der Waals surface area contributed by atoms with Gasteiger partial charge in [0.1, 0.15) is 17.3 Å². The average molecular weight is 376 g/mol. The lowest BCUT2D eigenvalue weighted by molar-refractivity contribution is -0.137. The van der Waals surface area contributed by atoms with Crippen LogP contribution in [0.3, 0.4) is 0 Å². The van der Waals surface area contributed by atoms with Crippen LogP contribution in [0.1, 0.15) is 16.0 Å². The minimum atomic E-state index is -4.54. The number of thiophene rings is 1. The quantitative estimate of drug-likeness (QED) is 0.555. The Kier molecular flexibility index (Phi) is 3.79. The van der Waals surface area contributed by atoms with Gasteiger partial charge >= 0.3 is 6.18 Å². The van der Waals surface area contributed by atoms with Crippen molar-refractivity contribution in [2.24, 2.45) is 0 Å². The SMILES string of the molecule is Cc1sc2cn(-c3c(Cl)cc(C(F)(F)F)cc3Cl)nc2c1C#N. The molecule has 2 aromatic heterocycles. The number of aryl methyl sites for hydroxylation is 1. The maximum absolute atomic E-state index is 12.8. The number of fused-ring (bicyclic) bond motifs is 1. The summed E-state index contributed by atoms with van der Waals surface area (Å²) < 4.78 is 40.3. The van der Waals surface area contributed by atoms with Gasteiger partial charge in [-0.2, -0.15) is 23.5 Å². The highest BCUT2D eigenvalue weighted by atomic mass is 35.5. The zero-order valence-electron chi connectivity index (χ0n) is 11.4. The van der Waals surface area contributed by atoms with Crippen molar-refractivity contribution in [3.05, 3.63) is 44.4 Å². The number of rotatable bonds is 1. The summed E-state index contributed by atoms with van der Waals surface area (Å²) in [6.07, 6.45) is -2.95. The topological polar surface area (TPSA) is 41.6 Å². The number of halogens is 5. The van der Waals surface area contributed by atoms with Crippen LogP contribution in [0.2, 0.25) is 10.0 Å². The van der Waals surface area contributed by atoms with E-state index in [-0.39, 0.29) is 15.7 Å². The van der Waals surface area contributed by atoms with Gasteiger partial charge in [-0.1, -0.05) is 23.2 Å². The number of alkyl halides is 3. The molecule has 0 N–H and O–H groups in total. The maximum Gasteiger partial charge on any atom is 0.416 e. The van der Waals surface area contributed by atoms with Crippen molar-refractivity contribution < 1.29 is 13.2 Å². The van der Waals surface area contributed by atoms with Crippen LogP contribution in [0, 0.1) is 18.3 Å². The average Bonchev–Trinajstić information content (AvgIpc) is 2.93. The van der Waals surface area contributed by atoms with Crippen LogP contribution >= 0.6 is 34.5 Å². The summed E-state index contributed by atoms with van der Waals surface area (Å²) in [5.41, 5.74) is 0.120. The lowest BCUT2D eigenvalue weighted by Gasteiger charge is -2.12. The summed E-state index contributed by atoms with van der Waals surface area (Å²) in [7, 11) is 0. The van der Waals surface area contributed by atoms with Crippen LogP contribution in [0.4, 0.5) is 13.2 Å². The predicted molar refractivity (Wildman–Crippen MR) is 83.4 cm³/mol. The fourth-order valence-electron chi connectivity index (χ4n) is 2.18. The first-order valence-electron chi connectivity index (χ1n) is 6.18. The van der Waals surface area contributed by atoms with Gasteiger partial charge in [0, 0.05) is 11.1 Å². The van der Waals surface area contributed by atoms with E-state index < -0.39 is 11.7 Å². The molecule has 3 aromatic rings. The highest BCUT2D eigenvalue weighted by molar-refractivity contribution is 7.19. The van der Waals surface area contributed by atoms with E-state index in [2.05, 4.69) is 11.2 Å². The highest BCUT2D eigenvalue weighted by Gasteiger charge is 2.32. The molecule has 0 aliphatic rings. The molecule has 9 heteroatoms. The van der Waals surface area contributed by atoms with Crippen molar-refractivity contribution in [2.45, 2.75) is 13.1 Å². The van der Waals surface area contributed by atoms with Crippen LogP contribution in [0.5, 0.6) is 0 Å². The van der Waals surface area contributed by atoms with Crippen LogP contribution < -0.4 is 0 Å². The largest absolute Gasteiger partial charge is 0.416 e. The van der Waals surface area contributed by atoms with Gasteiger partial charge in [0.25, 0.3) is 0 Å². The molecule has 0 fully saturated rings. The highest BCUT2D eigenvalue weighted by Crippen LogP contribution is 2.38.